The Kier molecular flexibility index (Phi) is 7.11. The fraction of sp³-hybridized carbons (Fsp3) is 0.647. The molecule has 0 saturated carbocycles. The molecule has 1 atom stereocenters. The molecule has 0 aliphatic heterocycles. The number of nitrogens with zero attached hydrogens (tertiary/aromatic N) is 1. The predicted octanol–water partition coefficient (Wildman–Crippen LogP) is 3.49. The highest BCUT2D eigenvalue weighted by Crippen LogP contribution is 2.16. The molecule has 0 aromatic heterocycles. The van der Waals surface area contributed by atoms with Gasteiger partial charge in [-0.05, 0) is 36.6 Å². The predicted molar refractivity (Wildman–Crippen MR) is 84.6 cm³/mol. The van der Waals surface area contributed by atoms with Gasteiger partial charge in [0.25, 0.3) is 0 Å². The third-order valence-electron chi connectivity index (χ3n) is 3.38. The van der Waals surface area contributed by atoms with Gasteiger partial charge in [-0.3, -0.25) is 0 Å². The van der Waals surface area contributed by atoms with Crippen LogP contribution in [-0.4, -0.2) is 31.6 Å². The Bertz CT molecular complexity index is 343. The molecule has 0 radical (unpaired) electrons. The third kappa shape index (κ3) is 6.22. The fourth-order valence-electron chi connectivity index (χ4n) is 2.43. The van der Waals surface area contributed by atoms with E-state index in [0.29, 0.717) is 5.92 Å². The maximum atomic E-state index is 3.41. The maximum Gasteiger partial charge on any atom is 0.0230 e. The van der Waals surface area contributed by atoms with Crippen LogP contribution in [-0.2, 0) is 6.54 Å². The molecule has 108 valence electrons. The highest BCUT2D eigenvalue weighted by molar-refractivity contribution is 5.25. The molecule has 1 N–H and O–H groups in total. The molecule has 0 aliphatic carbocycles. The Morgan fingerprint density at radius 1 is 1.11 bits per heavy atom. The largest absolute Gasteiger partial charge is 0.316 e. The van der Waals surface area contributed by atoms with Crippen LogP contribution in [0.25, 0.3) is 0 Å². The van der Waals surface area contributed by atoms with Gasteiger partial charge >= 0.3 is 0 Å². The van der Waals surface area contributed by atoms with Gasteiger partial charge in [-0.1, -0.05) is 52.0 Å². The van der Waals surface area contributed by atoms with Gasteiger partial charge in [0.2, 0.25) is 0 Å². The molecule has 0 bridgehead atoms. The lowest BCUT2D eigenvalue weighted by Gasteiger charge is -2.19. The van der Waals surface area contributed by atoms with E-state index in [-0.39, 0.29) is 0 Å². The van der Waals surface area contributed by atoms with E-state index in [1.807, 2.05) is 0 Å². The van der Waals surface area contributed by atoms with Crippen molar-refractivity contribution in [3.8, 4) is 0 Å². The summed E-state index contributed by atoms with van der Waals surface area (Å²) in [7, 11) is 2.20. The summed E-state index contributed by atoms with van der Waals surface area (Å²) >= 11 is 0. The Morgan fingerprint density at radius 2 is 1.74 bits per heavy atom. The van der Waals surface area contributed by atoms with Gasteiger partial charge in [0.1, 0.15) is 0 Å². The molecule has 1 rings (SSSR count). The minimum atomic E-state index is 0.586. The smallest absolute Gasteiger partial charge is 0.0230 e. The summed E-state index contributed by atoms with van der Waals surface area (Å²) in [6.45, 7) is 13.3. The van der Waals surface area contributed by atoms with Gasteiger partial charge in [-0.15, -0.1) is 0 Å². The molecule has 19 heavy (non-hydrogen) atoms. The van der Waals surface area contributed by atoms with Crippen LogP contribution < -0.4 is 5.32 Å². The van der Waals surface area contributed by atoms with Crippen molar-refractivity contribution in [3.63, 3.8) is 0 Å². The summed E-state index contributed by atoms with van der Waals surface area (Å²) in [5.41, 5.74) is 2.83. The average molecular weight is 262 g/mol. The topological polar surface area (TPSA) is 15.3 Å². The second-order valence-electron chi connectivity index (χ2n) is 6.04. The molecule has 1 aromatic rings. The van der Waals surface area contributed by atoms with E-state index in [0.717, 1.165) is 32.1 Å². The van der Waals surface area contributed by atoms with Crippen LogP contribution in [0.4, 0.5) is 0 Å². The Morgan fingerprint density at radius 3 is 2.26 bits per heavy atom. The molecule has 1 aromatic carbocycles. The van der Waals surface area contributed by atoms with Crippen molar-refractivity contribution in [2.75, 3.05) is 26.7 Å². The highest BCUT2D eigenvalue weighted by atomic mass is 15.1. The molecule has 2 nitrogen and oxygen atoms in total. The highest BCUT2D eigenvalue weighted by Gasteiger charge is 2.06. The van der Waals surface area contributed by atoms with E-state index < -0.39 is 0 Å². The van der Waals surface area contributed by atoms with Crippen molar-refractivity contribution >= 4 is 0 Å². The van der Waals surface area contributed by atoms with Crippen LogP contribution >= 0.6 is 0 Å². The first-order valence-electron chi connectivity index (χ1n) is 7.51. The second-order valence-corrected chi connectivity index (χ2v) is 6.04. The van der Waals surface area contributed by atoms with Crippen molar-refractivity contribution in [3.05, 3.63) is 35.4 Å². The molecular weight excluding hydrogens is 232 g/mol. The van der Waals surface area contributed by atoms with E-state index in [4.69, 9.17) is 0 Å². The van der Waals surface area contributed by atoms with Crippen molar-refractivity contribution < 1.29 is 0 Å². The summed E-state index contributed by atoms with van der Waals surface area (Å²) in [5.74, 6) is 1.31. The minimum absolute atomic E-state index is 0.586. The minimum Gasteiger partial charge on any atom is -0.316 e. The zero-order valence-electron chi connectivity index (χ0n) is 13.2. The SMILES string of the molecule is CCNCC(C)c1ccc(CN(C)CC(C)C)cc1. The van der Waals surface area contributed by atoms with E-state index in [1.165, 1.54) is 11.1 Å². The lowest BCUT2D eigenvalue weighted by Crippen LogP contribution is -2.22. The molecular formula is C17H30N2. The van der Waals surface area contributed by atoms with Crippen molar-refractivity contribution in [1.82, 2.24) is 10.2 Å². The molecule has 0 heterocycles. The Hall–Kier alpha value is -0.860. The van der Waals surface area contributed by atoms with Crippen molar-refractivity contribution in [2.24, 2.45) is 5.92 Å². The maximum absolute atomic E-state index is 3.41. The first-order chi connectivity index (χ1) is 9.02. The van der Waals surface area contributed by atoms with E-state index in [1.54, 1.807) is 0 Å². The third-order valence-corrected chi connectivity index (χ3v) is 3.38. The molecule has 0 saturated heterocycles. The number of hydrogen-bond acceptors (Lipinski definition) is 2. The number of nitrogens with one attached hydrogen (secondary N) is 1. The van der Waals surface area contributed by atoms with Crippen molar-refractivity contribution in [2.45, 2.75) is 40.2 Å². The first kappa shape index (κ1) is 16.2. The Balaban J connectivity index is 2.51. The van der Waals surface area contributed by atoms with Crippen LogP contribution in [0.15, 0.2) is 24.3 Å². The van der Waals surface area contributed by atoms with Gasteiger partial charge in [0.15, 0.2) is 0 Å². The first-order valence-corrected chi connectivity index (χ1v) is 7.51. The molecule has 1 unspecified atom stereocenters. The van der Waals surface area contributed by atoms with Gasteiger partial charge < -0.3 is 10.2 Å². The van der Waals surface area contributed by atoms with E-state index >= 15 is 0 Å². The fourth-order valence-corrected chi connectivity index (χ4v) is 2.43. The lowest BCUT2D eigenvalue weighted by molar-refractivity contribution is 0.288. The quantitative estimate of drug-likeness (QED) is 0.771. The van der Waals surface area contributed by atoms with Crippen LogP contribution in [0.2, 0.25) is 0 Å². The van der Waals surface area contributed by atoms with Gasteiger partial charge in [0.05, 0.1) is 0 Å². The Labute approximate surface area is 119 Å². The molecule has 0 amide bonds. The van der Waals surface area contributed by atoms with Crippen LogP contribution in [0.5, 0.6) is 0 Å². The van der Waals surface area contributed by atoms with Crippen molar-refractivity contribution in [1.29, 1.82) is 0 Å². The number of benzene rings is 1. The lowest BCUT2D eigenvalue weighted by atomic mass is 9.99. The summed E-state index contributed by atoms with van der Waals surface area (Å²) < 4.78 is 0. The monoisotopic (exact) mass is 262 g/mol. The molecule has 0 spiro atoms. The average Bonchev–Trinajstić information content (AvgIpc) is 2.35. The number of likely N-dealkylation sites (N-methyl/N-ethyl adjacent to an activating group) is 1. The van der Waals surface area contributed by atoms with Gasteiger partial charge in [-0.2, -0.15) is 0 Å². The summed E-state index contributed by atoms with van der Waals surface area (Å²) in [5, 5.41) is 3.41. The van der Waals surface area contributed by atoms with Gasteiger partial charge in [0, 0.05) is 19.6 Å². The molecule has 0 aliphatic rings. The second kappa shape index (κ2) is 8.34. The van der Waals surface area contributed by atoms with E-state index in [9.17, 15) is 0 Å². The summed E-state index contributed by atoms with van der Waals surface area (Å²) in [4.78, 5) is 2.39. The summed E-state index contributed by atoms with van der Waals surface area (Å²) in [6.07, 6.45) is 0. The molecule has 0 fully saturated rings. The van der Waals surface area contributed by atoms with Gasteiger partial charge in [-0.25, -0.2) is 0 Å². The van der Waals surface area contributed by atoms with Crippen LogP contribution in [0.3, 0.4) is 0 Å². The number of hydrogen-bond donors (Lipinski definition) is 1. The molecule has 2 heteroatoms. The van der Waals surface area contributed by atoms with Crippen LogP contribution in [0, 0.1) is 5.92 Å². The summed E-state index contributed by atoms with van der Waals surface area (Å²) in [6, 6.07) is 9.10. The normalized spacial score (nSPS) is 13.2. The standard InChI is InChI=1S/C17H30N2/c1-6-18-11-15(4)17-9-7-16(8-10-17)13-19(5)12-14(2)3/h7-10,14-15,18H,6,11-13H2,1-5H3. The zero-order chi connectivity index (χ0) is 14.3. The number of rotatable bonds is 8. The van der Waals surface area contributed by atoms with E-state index in [2.05, 4.69) is 69.2 Å². The zero-order valence-corrected chi connectivity index (χ0v) is 13.2. The van der Waals surface area contributed by atoms with Crippen LogP contribution in [0.1, 0.15) is 44.7 Å².